The summed E-state index contributed by atoms with van der Waals surface area (Å²) < 4.78 is 0. The van der Waals surface area contributed by atoms with Gasteiger partial charge in [0.15, 0.2) is 0 Å². The number of hydrogen-bond acceptors (Lipinski definition) is 3. The van der Waals surface area contributed by atoms with E-state index < -0.39 is 0 Å². The van der Waals surface area contributed by atoms with Crippen LogP contribution in [0.4, 0.5) is 11.4 Å². The molecule has 0 saturated heterocycles. The fourth-order valence-corrected chi connectivity index (χ4v) is 2.13. The van der Waals surface area contributed by atoms with Gasteiger partial charge in [0.25, 0.3) is 5.91 Å². The van der Waals surface area contributed by atoms with Crippen molar-refractivity contribution in [2.75, 3.05) is 37.8 Å². The van der Waals surface area contributed by atoms with Gasteiger partial charge in [0.05, 0.1) is 11.4 Å². The van der Waals surface area contributed by atoms with Gasteiger partial charge in [-0.1, -0.05) is 13.8 Å². The number of hydrogen-bond donors (Lipinski definition) is 1. The molecule has 1 rings (SSSR count). The summed E-state index contributed by atoms with van der Waals surface area (Å²) in [5, 5.41) is 0. The van der Waals surface area contributed by atoms with Gasteiger partial charge in [-0.2, -0.15) is 0 Å². The van der Waals surface area contributed by atoms with Crippen LogP contribution in [0.1, 0.15) is 37.0 Å². The van der Waals surface area contributed by atoms with Crippen LogP contribution in [-0.2, 0) is 0 Å². The predicted molar refractivity (Wildman–Crippen MR) is 81.7 cm³/mol. The molecule has 0 atom stereocenters. The highest BCUT2D eigenvalue weighted by Crippen LogP contribution is 2.23. The maximum atomic E-state index is 12.4. The largest absolute Gasteiger partial charge is 0.397 e. The molecule has 0 heterocycles. The van der Waals surface area contributed by atoms with Crippen molar-refractivity contribution < 1.29 is 4.79 Å². The summed E-state index contributed by atoms with van der Waals surface area (Å²) in [6, 6.07) is 5.53. The van der Waals surface area contributed by atoms with Gasteiger partial charge in [-0.05, 0) is 31.0 Å². The number of nitrogen functional groups attached to an aromatic ring is 1. The average Bonchev–Trinajstić information content (AvgIpc) is 2.37. The third kappa shape index (κ3) is 3.88. The molecule has 1 amide bonds. The van der Waals surface area contributed by atoms with E-state index in [1.54, 1.807) is 6.07 Å². The molecule has 4 nitrogen and oxygen atoms in total. The van der Waals surface area contributed by atoms with Crippen LogP contribution in [0.5, 0.6) is 0 Å². The number of amides is 1. The third-order valence-electron chi connectivity index (χ3n) is 3.03. The molecule has 0 saturated carbocycles. The number of carbonyl (C=O) groups excluding carboxylic acids is 1. The van der Waals surface area contributed by atoms with Gasteiger partial charge in [-0.15, -0.1) is 0 Å². The van der Waals surface area contributed by atoms with E-state index in [2.05, 4.69) is 13.8 Å². The number of nitrogens with zero attached hydrogens (tertiary/aromatic N) is 2. The molecule has 106 valence electrons. The van der Waals surface area contributed by atoms with Crippen molar-refractivity contribution in [2.45, 2.75) is 26.7 Å². The second-order valence-electron chi connectivity index (χ2n) is 4.96. The minimum atomic E-state index is 0.0701. The lowest BCUT2D eigenvalue weighted by atomic mass is 10.1. The van der Waals surface area contributed by atoms with Crippen molar-refractivity contribution in [1.29, 1.82) is 0 Å². The Morgan fingerprint density at radius 3 is 2.16 bits per heavy atom. The monoisotopic (exact) mass is 263 g/mol. The second kappa shape index (κ2) is 7.02. The minimum absolute atomic E-state index is 0.0701. The Morgan fingerprint density at radius 1 is 1.16 bits per heavy atom. The molecule has 0 spiro atoms. The Labute approximate surface area is 116 Å². The zero-order chi connectivity index (χ0) is 14.4. The number of rotatable bonds is 6. The lowest BCUT2D eigenvalue weighted by Gasteiger charge is -2.22. The van der Waals surface area contributed by atoms with Gasteiger partial charge < -0.3 is 15.5 Å². The predicted octanol–water partition coefficient (Wildman–Crippen LogP) is 2.60. The van der Waals surface area contributed by atoms with E-state index >= 15 is 0 Å². The summed E-state index contributed by atoms with van der Waals surface area (Å²) in [7, 11) is 3.88. The van der Waals surface area contributed by atoms with Crippen LogP contribution in [-0.4, -0.2) is 38.0 Å². The van der Waals surface area contributed by atoms with Crippen LogP contribution in [0.25, 0.3) is 0 Å². The third-order valence-corrected chi connectivity index (χ3v) is 3.03. The molecule has 0 unspecified atom stereocenters. The molecule has 19 heavy (non-hydrogen) atoms. The van der Waals surface area contributed by atoms with E-state index in [9.17, 15) is 4.79 Å². The molecular weight excluding hydrogens is 238 g/mol. The molecule has 0 fully saturated rings. The van der Waals surface area contributed by atoms with E-state index in [0.717, 1.165) is 31.6 Å². The van der Waals surface area contributed by atoms with Crippen molar-refractivity contribution in [3.63, 3.8) is 0 Å². The number of benzene rings is 1. The van der Waals surface area contributed by atoms with Crippen molar-refractivity contribution in [3.8, 4) is 0 Å². The van der Waals surface area contributed by atoms with Crippen molar-refractivity contribution in [1.82, 2.24) is 4.90 Å². The summed E-state index contributed by atoms with van der Waals surface area (Å²) >= 11 is 0. The molecule has 1 aromatic carbocycles. The lowest BCUT2D eigenvalue weighted by molar-refractivity contribution is 0.0755. The highest BCUT2D eigenvalue weighted by molar-refractivity contribution is 5.96. The highest BCUT2D eigenvalue weighted by Gasteiger charge is 2.15. The molecule has 0 aromatic heterocycles. The van der Waals surface area contributed by atoms with E-state index in [-0.39, 0.29) is 5.91 Å². The van der Waals surface area contributed by atoms with E-state index in [0.29, 0.717) is 11.3 Å². The Hall–Kier alpha value is -1.71. The molecular formula is C15H25N3O. The van der Waals surface area contributed by atoms with E-state index in [1.165, 1.54) is 0 Å². The SMILES string of the molecule is CCCN(CCC)C(=O)c1ccc(N(C)C)c(N)c1. The Kier molecular flexibility index (Phi) is 5.67. The van der Waals surface area contributed by atoms with Crippen molar-refractivity contribution >= 4 is 17.3 Å². The normalized spacial score (nSPS) is 10.3. The van der Waals surface area contributed by atoms with Crippen LogP contribution >= 0.6 is 0 Å². The first-order chi connectivity index (χ1) is 9.01. The summed E-state index contributed by atoms with van der Waals surface area (Å²) in [5.41, 5.74) is 8.25. The van der Waals surface area contributed by atoms with Crippen molar-refractivity contribution in [2.24, 2.45) is 0 Å². The summed E-state index contributed by atoms with van der Waals surface area (Å²) in [6.07, 6.45) is 1.94. The molecule has 4 heteroatoms. The molecule has 0 bridgehead atoms. The van der Waals surface area contributed by atoms with Crippen LogP contribution in [0.2, 0.25) is 0 Å². The average molecular weight is 263 g/mol. The molecule has 1 aromatic rings. The van der Waals surface area contributed by atoms with Crippen LogP contribution < -0.4 is 10.6 Å². The molecule has 0 radical (unpaired) electrons. The van der Waals surface area contributed by atoms with Crippen molar-refractivity contribution in [3.05, 3.63) is 23.8 Å². The molecule has 0 aliphatic heterocycles. The summed E-state index contributed by atoms with van der Waals surface area (Å²) in [6.45, 7) is 5.75. The molecule has 0 aliphatic rings. The zero-order valence-corrected chi connectivity index (χ0v) is 12.4. The summed E-state index contributed by atoms with van der Waals surface area (Å²) in [5.74, 6) is 0.0701. The van der Waals surface area contributed by atoms with Gasteiger partial charge in [-0.3, -0.25) is 4.79 Å². The smallest absolute Gasteiger partial charge is 0.253 e. The van der Waals surface area contributed by atoms with E-state index in [1.807, 2.05) is 36.0 Å². The maximum absolute atomic E-state index is 12.4. The fraction of sp³-hybridized carbons (Fsp3) is 0.533. The zero-order valence-electron chi connectivity index (χ0n) is 12.4. The van der Waals surface area contributed by atoms with Crippen LogP contribution in [0.15, 0.2) is 18.2 Å². The number of carbonyl (C=O) groups is 1. The van der Waals surface area contributed by atoms with Crippen LogP contribution in [0.3, 0.4) is 0 Å². The van der Waals surface area contributed by atoms with Gasteiger partial charge >= 0.3 is 0 Å². The Bertz CT molecular complexity index is 423. The number of anilines is 2. The summed E-state index contributed by atoms with van der Waals surface area (Å²) in [4.78, 5) is 16.3. The highest BCUT2D eigenvalue weighted by atomic mass is 16.2. The van der Waals surface area contributed by atoms with E-state index in [4.69, 9.17) is 5.73 Å². The van der Waals surface area contributed by atoms with Gasteiger partial charge in [-0.25, -0.2) is 0 Å². The van der Waals surface area contributed by atoms with Gasteiger partial charge in [0.2, 0.25) is 0 Å². The Morgan fingerprint density at radius 2 is 1.74 bits per heavy atom. The molecule has 0 aliphatic carbocycles. The number of nitrogens with two attached hydrogens (primary N) is 1. The first kappa shape index (κ1) is 15.3. The second-order valence-corrected chi connectivity index (χ2v) is 4.96. The first-order valence-electron chi connectivity index (χ1n) is 6.87. The van der Waals surface area contributed by atoms with Crippen LogP contribution in [0, 0.1) is 0 Å². The minimum Gasteiger partial charge on any atom is -0.397 e. The maximum Gasteiger partial charge on any atom is 0.253 e. The topological polar surface area (TPSA) is 49.6 Å². The quantitative estimate of drug-likeness (QED) is 0.803. The fourth-order valence-electron chi connectivity index (χ4n) is 2.13. The van der Waals surface area contributed by atoms with Gasteiger partial charge in [0.1, 0.15) is 0 Å². The lowest BCUT2D eigenvalue weighted by Crippen LogP contribution is -2.32. The first-order valence-corrected chi connectivity index (χ1v) is 6.87. The standard InChI is InChI=1S/C15H25N3O/c1-5-9-18(10-6-2)15(19)12-7-8-14(17(3)4)13(16)11-12/h7-8,11H,5-6,9-10,16H2,1-4H3. The Balaban J connectivity index is 2.95. The van der Waals surface area contributed by atoms with Gasteiger partial charge in [0, 0.05) is 32.7 Å². The molecule has 2 N–H and O–H groups in total.